The molecule has 26 heavy (non-hydrogen) atoms. The van der Waals surface area contributed by atoms with Gasteiger partial charge in [-0.3, -0.25) is 9.59 Å². The van der Waals surface area contributed by atoms with Crippen molar-refractivity contribution in [3.8, 4) is 0 Å². The molecule has 2 heterocycles. The van der Waals surface area contributed by atoms with Crippen molar-refractivity contribution in [1.82, 2.24) is 19.8 Å². The van der Waals surface area contributed by atoms with Gasteiger partial charge in [0, 0.05) is 19.0 Å². The summed E-state index contributed by atoms with van der Waals surface area (Å²) < 4.78 is 7.26. The molecule has 7 nitrogen and oxygen atoms in total. The van der Waals surface area contributed by atoms with Crippen molar-refractivity contribution >= 4 is 22.8 Å². The molecule has 0 bridgehead atoms. The summed E-state index contributed by atoms with van der Waals surface area (Å²) in [6.07, 6.45) is 1.93. The van der Waals surface area contributed by atoms with Crippen LogP contribution in [0.2, 0.25) is 0 Å². The maximum Gasteiger partial charge on any atom is 0.242 e. The van der Waals surface area contributed by atoms with E-state index in [4.69, 9.17) is 9.72 Å². The molecule has 1 atom stereocenters. The maximum absolute atomic E-state index is 12.8. The molecule has 0 radical (unpaired) electrons. The number of amides is 2. The molecule has 1 aromatic carbocycles. The monoisotopic (exact) mass is 356 g/mol. The normalized spacial score (nSPS) is 18.7. The first-order chi connectivity index (χ1) is 12.6. The minimum absolute atomic E-state index is 0.0541. The van der Waals surface area contributed by atoms with Gasteiger partial charge >= 0.3 is 0 Å². The number of nitrogens with one attached hydrogen (secondary N) is 1. The summed E-state index contributed by atoms with van der Waals surface area (Å²) in [7, 11) is 0. The Balaban J connectivity index is 1.60. The number of carbonyl (C=O) groups excluding carboxylic acids is 2. The fourth-order valence-electron chi connectivity index (χ4n) is 3.38. The Labute approximate surface area is 152 Å². The molecule has 138 valence electrons. The first-order valence-corrected chi connectivity index (χ1v) is 9.24. The average molecular weight is 356 g/mol. The molecule has 1 aliphatic heterocycles. The molecule has 2 amide bonds. The zero-order chi connectivity index (χ0) is 18.1. The molecule has 1 N–H and O–H groups in total. The number of ether oxygens (including phenoxy) is 1. The van der Waals surface area contributed by atoms with Crippen LogP contribution in [-0.2, 0) is 20.9 Å². The number of hydrogen-bond acceptors (Lipinski definition) is 4. The fourth-order valence-corrected chi connectivity index (χ4v) is 3.38. The molecular formula is C19H24N4O3. The van der Waals surface area contributed by atoms with Crippen LogP contribution in [0.1, 0.15) is 31.6 Å². The van der Waals surface area contributed by atoms with Crippen molar-refractivity contribution in [2.75, 3.05) is 26.3 Å². The van der Waals surface area contributed by atoms with Gasteiger partial charge in [-0.15, -0.1) is 0 Å². The van der Waals surface area contributed by atoms with Gasteiger partial charge in [0.05, 0.1) is 30.3 Å². The average Bonchev–Trinajstić information content (AvgIpc) is 3.45. The van der Waals surface area contributed by atoms with Crippen LogP contribution in [0.25, 0.3) is 11.0 Å². The van der Waals surface area contributed by atoms with Crippen molar-refractivity contribution in [3.05, 3.63) is 30.1 Å². The van der Waals surface area contributed by atoms with Gasteiger partial charge in [0.1, 0.15) is 12.4 Å². The standard InChI is InChI=1S/C19H24N4O3/c1-13(20-19(25)14-6-7-14)18-21-15-4-2-3-5-16(15)23(18)12-17(24)22-8-10-26-11-9-22/h2-5,13-14H,6-12H2,1H3,(H,20,25). The summed E-state index contributed by atoms with van der Waals surface area (Å²) in [6, 6.07) is 7.53. The fraction of sp³-hybridized carbons (Fsp3) is 0.526. The number of nitrogens with zero attached hydrogens (tertiary/aromatic N) is 3. The molecule has 1 saturated carbocycles. The molecule has 2 fully saturated rings. The van der Waals surface area contributed by atoms with Crippen LogP contribution >= 0.6 is 0 Å². The Bertz CT molecular complexity index is 821. The summed E-state index contributed by atoms with van der Waals surface area (Å²) in [5.74, 6) is 1.00. The topological polar surface area (TPSA) is 76.5 Å². The molecule has 2 aliphatic rings. The molecule has 1 saturated heterocycles. The third-order valence-corrected chi connectivity index (χ3v) is 5.04. The molecule has 0 spiro atoms. The lowest BCUT2D eigenvalue weighted by molar-refractivity contribution is -0.135. The Morgan fingerprint density at radius 3 is 2.73 bits per heavy atom. The minimum atomic E-state index is -0.243. The number of rotatable bonds is 5. The number of morpholine rings is 1. The SMILES string of the molecule is CC(NC(=O)C1CC1)c1nc2ccccc2n1CC(=O)N1CCOCC1. The third-order valence-electron chi connectivity index (χ3n) is 5.04. The lowest BCUT2D eigenvalue weighted by Crippen LogP contribution is -2.42. The second-order valence-corrected chi connectivity index (χ2v) is 7.04. The van der Waals surface area contributed by atoms with Gasteiger partial charge in [-0.25, -0.2) is 4.98 Å². The van der Waals surface area contributed by atoms with E-state index in [1.165, 1.54) is 0 Å². The van der Waals surface area contributed by atoms with E-state index in [2.05, 4.69) is 5.32 Å². The highest BCUT2D eigenvalue weighted by atomic mass is 16.5. The highest BCUT2D eigenvalue weighted by Gasteiger charge is 2.31. The molecule has 7 heteroatoms. The van der Waals surface area contributed by atoms with Gasteiger partial charge in [-0.2, -0.15) is 0 Å². The summed E-state index contributed by atoms with van der Waals surface area (Å²) in [6.45, 7) is 4.55. The number of para-hydroxylation sites is 2. The second kappa shape index (κ2) is 7.07. The van der Waals surface area contributed by atoms with Crippen molar-refractivity contribution in [3.63, 3.8) is 0 Å². The molecule has 4 rings (SSSR count). The van der Waals surface area contributed by atoms with Crippen LogP contribution in [0.5, 0.6) is 0 Å². The largest absolute Gasteiger partial charge is 0.378 e. The van der Waals surface area contributed by atoms with Gasteiger partial charge in [0.2, 0.25) is 11.8 Å². The van der Waals surface area contributed by atoms with E-state index in [0.717, 1.165) is 29.7 Å². The van der Waals surface area contributed by atoms with E-state index in [0.29, 0.717) is 26.3 Å². The van der Waals surface area contributed by atoms with Crippen LogP contribution in [0.3, 0.4) is 0 Å². The van der Waals surface area contributed by atoms with E-state index in [1.807, 2.05) is 40.7 Å². The predicted molar refractivity (Wildman–Crippen MR) is 96.4 cm³/mol. The van der Waals surface area contributed by atoms with E-state index in [1.54, 1.807) is 0 Å². The van der Waals surface area contributed by atoms with Crippen molar-refractivity contribution in [2.45, 2.75) is 32.4 Å². The highest BCUT2D eigenvalue weighted by Crippen LogP contribution is 2.30. The van der Waals surface area contributed by atoms with E-state index < -0.39 is 0 Å². The number of hydrogen-bond donors (Lipinski definition) is 1. The minimum Gasteiger partial charge on any atom is -0.378 e. The second-order valence-electron chi connectivity index (χ2n) is 7.04. The smallest absolute Gasteiger partial charge is 0.242 e. The Morgan fingerprint density at radius 1 is 1.27 bits per heavy atom. The van der Waals surface area contributed by atoms with Gasteiger partial charge in [-0.1, -0.05) is 12.1 Å². The Kier molecular flexibility index (Phi) is 4.63. The molecular weight excluding hydrogens is 332 g/mol. The summed E-state index contributed by atoms with van der Waals surface area (Å²) >= 11 is 0. The van der Waals surface area contributed by atoms with Gasteiger partial charge in [0.25, 0.3) is 0 Å². The number of carbonyl (C=O) groups is 2. The number of benzene rings is 1. The van der Waals surface area contributed by atoms with E-state index in [-0.39, 0.29) is 30.3 Å². The van der Waals surface area contributed by atoms with Crippen LogP contribution < -0.4 is 5.32 Å². The quantitative estimate of drug-likeness (QED) is 0.880. The van der Waals surface area contributed by atoms with Crippen LogP contribution in [0, 0.1) is 5.92 Å². The van der Waals surface area contributed by atoms with Crippen LogP contribution in [0.4, 0.5) is 0 Å². The summed E-state index contributed by atoms with van der Waals surface area (Å²) in [5.41, 5.74) is 1.75. The predicted octanol–water partition coefficient (Wildman–Crippen LogP) is 1.48. The first-order valence-electron chi connectivity index (χ1n) is 9.24. The van der Waals surface area contributed by atoms with Crippen molar-refractivity contribution in [1.29, 1.82) is 0 Å². The number of aromatic nitrogens is 2. The lowest BCUT2D eigenvalue weighted by Gasteiger charge is -2.27. The molecule has 2 aromatic rings. The third kappa shape index (κ3) is 3.44. The zero-order valence-electron chi connectivity index (χ0n) is 15.0. The Hall–Kier alpha value is -2.41. The zero-order valence-corrected chi connectivity index (χ0v) is 15.0. The van der Waals surface area contributed by atoms with Crippen molar-refractivity contribution in [2.24, 2.45) is 5.92 Å². The molecule has 1 aromatic heterocycles. The number of imidazole rings is 1. The molecule has 1 aliphatic carbocycles. The van der Waals surface area contributed by atoms with Gasteiger partial charge in [0.15, 0.2) is 0 Å². The number of fused-ring (bicyclic) bond motifs is 1. The first kappa shape index (κ1) is 17.0. The highest BCUT2D eigenvalue weighted by molar-refractivity contribution is 5.83. The Morgan fingerprint density at radius 2 is 2.00 bits per heavy atom. The van der Waals surface area contributed by atoms with E-state index >= 15 is 0 Å². The van der Waals surface area contributed by atoms with Crippen LogP contribution in [-0.4, -0.2) is 52.6 Å². The summed E-state index contributed by atoms with van der Waals surface area (Å²) in [5, 5.41) is 3.05. The maximum atomic E-state index is 12.8. The van der Waals surface area contributed by atoms with Crippen LogP contribution in [0.15, 0.2) is 24.3 Å². The van der Waals surface area contributed by atoms with E-state index in [9.17, 15) is 9.59 Å². The lowest BCUT2D eigenvalue weighted by atomic mass is 10.2. The summed E-state index contributed by atoms with van der Waals surface area (Å²) in [4.78, 5) is 31.4. The van der Waals surface area contributed by atoms with Crippen molar-refractivity contribution < 1.29 is 14.3 Å². The van der Waals surface area contributed by atoms with Gasteiger partial charge < -0.3 is 19.5 Å². The van der Waals surface area contributed by atoms with Gasteiger partial charge in [-0.05, 0) is 31.9 Å². The molecule has 1 unspecified atom stereocenters.